The fourth-order valence-electron chi connectivity index (χ4n) is 5.90. The number of aliphatic carboxylic acids is 1. The molecular formula is C42H80N6O11. The zero-order valence-corrected chi connectivity index (χ0v) is 36.1. The minimum Gasteiger partial charge on any atom is -0.481 e. The highest BCUT2D eigenvalue weighted by atomic mass is 16.5. The fourth-order valence-corrected chi connectivity index (χ4v) is 5.90. The van der Waals surface area contributed by atoms with Crippen LogP contribution in [0.4, 0.5) is 0 Å². The predicted octanol–water partition coefficient (Wildman–Crippen LogP) is 3.04. The average Bonchev–Trinajstić information content (AvgIpc) is 3.20. The number of unbranched alkanes of at least 4 members (excludes halogenated alkanes) is 14. The van der Waals surface area contributed by atoms with Gasteiger partial charge < -0.3 is 61.6 Å². The van der Waals surface area contributed by atoms with Crippen molar-refractivity contribution >= 4 is 35.9 Å². The monoisotopic (exact) mass is 845 g/mol. The molecule has 0 aliphatic rings. The molecule has 0 aromatic carbocycles. The van der Waals surface area contributed by atoms with Gasteiger partial charge in [-0.1, -0.05) is 83.5 Å². The van der Waals surface area contributed by atoms with Crippen LogP contribution in [-0.2, 0) is 47.7 Å². The van der Waals surface area contributed by atoms with Gasteiger partial charge in [-0.25, -0.2) is 0 Å². The molecule has 0 rings (SSSR count). The van der Waals surface area contributed by atoms with Gasteiger partial charge in [0.05, 0.1) is 45.7 Å². The average molecular weight is 845 g/mol. The molecule has 0 aliphatic carbocycles. The Hall–Kier alpha value is -3.22. The van der Waals surface area contributed by atoms with Gasteiger partial charge in [0.15, 0.2) is 0 Å². The molecular weight excluding hydrogens is 764 g/mol. The zero-order valence-electron chi connectivity index (χ0n) is 36.1. The van der Waals surface area contributed by atoms with E-state index in [-0.39, 0.29) is 114 Å². The number of aldehydes is 1. The third-order valence-corrected chi connectivity index (χ3v) is 9.55. The largest absolute Gasteiger partial charge is 0.481 e. The molecule has 17 heteroatoms. The summed E-state index contributed by atoms with van der Waals surface area (Å²) in [5.41, 5.74) is 11.6. The van der Waals surface area contributed by atoms with Crippen LogP contribution in [0, 0.1) is 0 Å². The van der Waals surface area contributed by atoms with Gasteiger partial charge in [0.25, 0.3) is 0 Å². The number of carboxylic acids is 1. The van der Waals surface area contributed by atoms with E-state index in [2.05, 4.69) is 21.3 Å². The molecule has 1 unspecified atom stereocenters. The molecule has 0 aromatic heterocycles. The molecule has 344 valence electrons. The van der Waals surface area contributed by atoms with Crippen LogP contribution in [0.2, 0.25) is 0 Å². The molecule has 0 heterocycles. The Morgan fingerprint density at radius 1 is 0.508 bits per heavy atom. The standard InChI is InChI=1S/C42H80N6O11/c1-35(43)37(44)18-16-17-23-45-40(52)33-58-30-29-57-27-25-47-41(53)34-59-31-28-56-26-24-46-38(50)22-21-36(32-49)48-39(51)19-14-12-10-8-6-4-2-3-5-7-9-11-13-15-20-42(54)55/h32,35-37H,2-31,33-34,43-44H2,1H3,(H,45,52)(H,46,50)(H,47,53)(H,48,51)(H,54,55)/t35?,36-,37-/m0/s1. The Bertz CT molecular complexity index is 1090. The zero-order chi connectivity index (χ0) is 43.6. The Balaban J connectivity index is 3.56. The van der Waals surface area contributed by atoms with Crippen LogP contribution in [0.1, 0.15) is 142 Å². The minimum absolute atomic E-state index is 0.0305. The number of carbonyl (C=O) groups is 6. The first-order valence-corrected chi connectivity index (χ1v) is 22.1. The number of amides is 4. The highest BCUT2D eigenvalue weighted by Crippen LogP contribution is 2.14. The van der Waals surface area contributed by atoms with Crippen molar-refractivity contribution in [3.8, 4) is 0 Å². The van der Waals surface area contributed by atoms with E-state index in [0.717, 1.165) is 64.2 Å². The van der Waals surface area contributed by atoms with Crippen LogP contribution < -0.4 is 32.7 Å². The minimum atomic E-state index is -0.706. The van der Waals surface area contributed by atoms with Crippen molar-refractivity contribution in [2.75, 3.05) is 72.5 Å². The second-order valence-corrected chi connectivity index (χ2v) is 15.1. The van der Waals surface area contributed by atoms with E-state index in [9.17, 15) is 28.8 Å². The van der Waals surface area contributed by atoms with E-state index in [0.29, 0.717) is 25.8 Å². The number of nitrogens with one attached hydrogen (secondary N) is 4. The summed E-state index contributed by atoms with van der Waals surface area (Å²) < 4.78 is 21.4. The van der Waals surface area contributed by atoms with Gasteiger partial charge in [-0.3, -0.25) is 24.0 Å². The maximum atomic E-state index is 12.3. The molecule has 4 amide bonds. The first-order chi connectivity index (χ1) is 28.5. The van der Waals surface area contributed by atoms with E-state index in [1.165, 1.54) is 44.9 Å². The number of ether oxygens (including phenoxy) is 4. The van der Waals surface area contributed by atoms with Crippen LogP contribution in [-0.4, -0.2) is 132 Å². The third kappa shape index (κ3) is 41.3. The van der Waals surface area contributed by atoms with Crippen molar-refractivity contribution in [1.29, 1.82) is 0 Å². The van der Waals surface area contributed by atoms with Crippen LogP contribution >= 0.6 is 0 Å². The first kappa shape index (κ1) is 55.8. The molecule has 0 aliphatic heterocycles. The molecule has 0 aromatic rings. The third-order valence-electron chi connectivity index (χ3n) is 9.55. The summed E-state index contributed by atoms with van der Waals surface area (Å²) in [5.74, 6) is -1.61. The van der Waals surface area contributed by atoms with E-state index in [4.69, 9.17) is 35.5 Å². The number of hydrogen-bond acceptors (Lipinski definition) is 12. The van der Waals surface area contributed by atoms with Crippen molar-refractivity contribution in [1.82, 2.24) is 21.3 Å². The lowest BCUT2D eigenvalue weighted by atomic mass is 10.0. The quantitative estimate of drug-likeness (QED) is 0.0344. The van der Waals surface area contributed by atoms with Crippen molar-refractivity contribution in [2.45, 2.75) is 160 Å². The molecule has 0 bridgehead atoms. The van der Waals surface area contributed by atoms with Gasteiger partial charge in [0.1, 0.15) is 19.5 Å². The number of hydrogen-bond donors (Lipinski definition) is 7. The summed E-state index contributed by atoms with van der Waals surface area (Å²) in [6.45, 7) is 4.38. The molecule has 0 saturated heterocycles. The summed E-state index contributed by atoms with van der Waals surface area (Å²) in [4.78, 5) is 70.1. The first-order valence-electron chi connectivity index (χ1n) is 22.1. The SMILES string of the molecule is CC(N)[C@@H](N)CCCCNC(=O)COCCOCCNC(=O)COCCOCCNC(=O)CC[C@@H](C=O)NC(=O)CCCCCCCCCCCCCCCCC(=O)O. The smallest absolute Gasteiger partial charge is 0.303 e. The summed E-state index contributed by atoms with van der Waals surface area (Å²) >= 11 is 0. The van der Waals surface area contributed by atoms with Crippen LogP contribution in [0.15, 0.2) is 0 Å². The number of carboxylic acid groups (broad SMARTS) is 1. The highest BCUT2D eigenvalue weighted by Gasteiger charge is 2.13. The van der Waals surface area contributed by atoms with Crippen molar-refractivity contribution < 1.29 is 52.8 Å². The Morgan fingerprint density at radius 2 is 0.949 bits per heavy atom. The second kappa shape index (κ2) is 41.5. The second-order valence-electron chi connectivity index (χ2n) is 15.1. The molecule has 3 atom stereocenters. The molecule has 0 radical (unpaired) electrons. The molecule has 0 spiro atoms. The summed E-state index contributed by atoms with van der Waals surface area (Å²) in [7, 11) is 0. The van der Waals surface area contributed by atoms with E-state index in [1.54, 1.807) is 0 Å². The summed E-state index contributed by atoms with van der Waals surface area (Å²) in [6.07, 6.45) is 19.7. The molecule has 59 heavy (non-hydrogen) atoms. The fraction of sp³-hybridized carbons (Fsp3) is 0.857. The van der Waals surface area contributed by atoms with Gasteiger partial charge in [-0.2, -0.15) is 0 Å². The lowest BCUT2D eigenvalue weighted by Gasteiger charge is -2.15. The number of nitrogens with two attached hydrogens (primary N) is 2. The maximum Gasteiger partial charge on any atom is 0.303 e. The van der Waals surface area contributed by atoms with Crippen molar-refractivity contribution in [3.05, 3.63) is 0 Å². The van der Waals surface area contributed by atoms with Gasteiger partial charge in [-0.15, -0.1) is 0 Å². The lowest BCUT2D eigenvalue weighted by molar-refractivity contribution is -0.137. The summed E-state index contributed by atoms with van der Waals surface area (Å²) in [5, 5.41) is 19.6. The van der Waals surface area contributed by atoms with Crippen molar-refractivity contribution in [2.24, 2.45) is 11.5 Å². The van der Waals surface area contributed by atoms with E-state index < -0.39 is 12.0 Å². The Kier molecular flexibility index (Phi) is 39.2. The maximum absolute atomic E-state index is 12.3. The topological polar surface area (TPSA) is 260 Å². The van der Waals surface area contributed by atoms with Crippen LogP contribution in [0.3, 0.4) is 0 Å². The molecule has 17 nitrogen and oxygen atoms in total. The predicted molar refractivity (Wildman–Crippen MR) is 227 cm³/mol. The van der Waals surface area contributed by atoms with Crippen molar-refractivity contribution in [3.63, 3.8) is 0 Å². The molecule has 0 fully saturated rings. The summed E-state index contributed by atoms with van der Waals surface area (Å²) in [6, 6.07) is -0.775. The number of rotatable bonds is 44. The molecule has 9 N–H and O–H groups in total. The van der Waals surface area contributed by atoms with Crippen LogP contribution in [0.25, 0.3) is 0 Å². The Morgan fingerprint density at radius 3 is 1.42 bits per heavy atom. The van der Waals surface area contributed by atoms with Gasteiger partial charge in [-0.05, 0) is 39.0 Å². The Labute approximate surface area is 353 Å². The van der Waals surface area contributed by atoms with Gasteiger partial charge >= 0.3 is 5.97 Å². The van der Waals surface area contributed by atoms with Gasteiger partial charge in [0.2, 0.25) is 23.6 Å². The highest BCUT2D eigenvalue weighted by molar-refractivity contribution is 5.80. The normalized spacial score (nSPS) is 12.7. The number of carbonyl (C=O) groups excluding carboxylic acids is 5. The van der Waals surface area contributed by atoms with E-state index >= 15 is 0 Å². The van der Waals surface area contributed by atoms with E-state index in [1.807, 2.05) is 6.92 Å². The lowest BCUT2D eigenvalue weighted by Crippen LogP contribution is -2.38. The van der Waals surface area contributed by atoms with Crippen LogP contribution in [0.5, 0.6) is 0 Å². The van der Waals surface area contributed by atoms with Gasteiger partial charge in [0, 0.05) is 51.0 Å². The molecule has 0 saturated carbocycles.